The molecule has 0 aromatic carbocycles. The SMILES string of the molecule is CC(C)(C)CC(C)(C(=O)OC(F)(F)F)C(C)(C)C. The lowest BCUT2D eigenvalue weighted by atomic mass is 9.61. The minimum atomic E-state index is -4.93. The van der Waals surface area contributed by atoms with Crippen LogP contribution in [0.15, 0.2) is 0 Å². The minimum Gasteiger partial charge on any atom is -0.372 e. The first-order valence-corrected chi connectivity index (χ1v) is 5.89. The molecule has 0 fully saturated rings. The van der Waals surface area contributed by atoms with Crippen molar-refractivity contribution in [3.8, 4) is 0 Å². The summed E-state index contributed by atoms with van der Waals surface area (Å²) >= 11 is 0. The molecule has 18 heavy (non-hydrogen) atoms. The van der Waals surface area contributed by atoms with Crippen molar-refractivity contribution in [3.05, 3.63) is 0 Å². The van der Waals surface area contributed by atoms with E-state index >= 15 is 0 Å². The highest BCUT2D eigenvalue weighted by Crippen LogP contribution is 2.48. The van der Waals surface area contributed by atoms with Gasteiger partial charge in [0.05, 0.1) is 5.41 Å². The number of esters is 1. The van der Waals surface area contributed by atoms with Gasteiger partial charge in [-0.15, -0.1) is 13.2 Å². The summed E-state index contributed by atoms with van der Waals surface area (Å²) in [6.07, 6.45) is -4.61. The molecule has 2 nitrogen and oxygen atoms in total. The maximum Gasteiger partial charge on any atom is 0.575 e. The van der Waals surface area contributed by atoms with Gasteiger partial charge in [0.1, 0.15) is 0 Å². The van der Waals surface area contributed by atoms with E-state index in [1.54, 1.807) is 20.8 Å². The molecule has 0 radical (unpaired) electrons. The summed E-state index contributed by atoms with van der Waals surface area (Å²) in [5.74, 6) is -1.21. The van der Waals surface area contributed by atoms with E-state index in [1.807, 2.05) is 20.8 Å². The van der Waals surface area contributed by atoms with E-state index in [0.717, 1.165) is 0 Å². The van der Waals surface area contributed by atoms with Gasteiger partial charge < -0.3 is 4.74 Å². The van der Waals surface area contributed by atoms with Crippen LogP contribution in [0.3, 0.4) is 0 Å². The number of rotatable bonds is 2. The van der Waals surface area contributed by atoms with E-state index in [0.29, 0.717) is 6.42 Å². The Morgan fingerprint density at radius 1 is 0.944 bits per heavy atom. The molecule has 0 aromatic heterocycles. The number of carbonyl (C=O) groups is 1. The monoisotopic (exact) mass is 268 g/mol. The summed E-state index contributed by atoms with van der Waals surface area (Å²) in [4.78, 5) is 11.9. The molecule has 0 aliphatic heterocycles. The van der Waals surface area contributed by atoms with Crippen LogP contribution < -0.4 is 0 Å². The first-order chi connectivity index (χ1) is 7.58. The molecule has 1 atom stereocenters. The van der Waals surface area contributed by atoms with Crippen LogP contribution >= 0.6 is 0 Å². The van der Waals surface area contributed by atoms with Gasteiger partial charge in [-0.1, -0.05) is 41.5 Å². The average Bonchev–Trinajstić information content (AvgIpc) is 1.94. The molecule has 1 unspecified atom stereocenters. The van der Waals surface area contributed by atoms with Gasteiger partial charge in [0.25, 0.3) is 0 Å². The number of hydrogen-bond acceptors (Lipinski definition) is 2. The average molecular weight is 268 g/mol. The fraction of sp³-hybridized carbons (Fsp3) is 0.923. The first-order valence-electron chi connectivity index (χ1n) is 5.89. The van der Waals surface area contributed by atoms with E-state index in [1.165, 1.54) is 6.92 Å². The largest absolute Gasteiger partial charge is 0.575 e. The van der Waals surface area contributed by atoms with E-state index in [2.05, 4.69) is 4.74 Å². The van der Waals surface area contributed by atoms with Crippen molar-refractivity contribution < 1.29 is 22.7 Å². The first kappa shape index (κ1) is 17.3. The van der Waals surface area contributed by atoms with Crippen molar-refractivity contribution in [2.45, 2.75) is 61.2 Å². The molecule has 0 saturated carbocycles. The van der Waals surface area contributed by atoms with Crippen molar-refractivity contribution in [2.75, 3.05) is 0 Å². The molecule has 0 bridgehead atoms. The third kappa shape index (κ3) is 4.86. The summed E-state index contributed by atoms with van der Waals surface area (Å²) in [7, 11) is 0. The van der Waals surface area contributed by atoms with Crippen LogP contribution in [0.1, 0.15) is 54.9 Å². The molecule has 5 heteroatoms. The van der Waals surface area contributed by atoms with Crippen LogP contribution in [0.4, 0.5) is 13.2 Å². The maximum atomic E-state index is 12.2. The van der Waals surface area contributed by atoms with Crippen molar-refractivity contribution in [1.82, 2.24) is 0 Å². The van der Waals surface area contributed by atoms with Crippen LogP contribution in [0.2, 0.25) is 0 Å². The zero-order valence-electron chi connectivity index (χ0n) is 12.2. The van der Waals surface area contributed by atoms with Crippen LogP contribution in [-0.2, 0) is 9.53 Å². The van der Waals surface area contributed by atoms with Crippen molar-refractivity contribution in [2.24, 2.45) is 16.2 Å². The molecular formula is C13H23F3O2. The predicted octanol–water partition coefficient (Wildman–Crippen LogP) is 4.54. The van der Waals surface area contributed by atoms with Gasteiger partial charge in [-0.25, -0.2) is 0 Å². The predicted molar refractivity (Wildman–Crippen MR) is 63.8 cm³/mol. The molecule has 0 saturated heterocycles. The number of hydrogen-bond donors (Lipinski definition) is 0. The highest BCUT2D eigenvalue weighted by molar-refractivity contribution is 5.77. The Balaban J connectivity index is 5.31. The van der Waals surface area contributed by atoms with E-state index in [9.17, 15) is 18.0 Å². The maximum absolute atomic E-state index is 12.2. The minimum absolute atomic E-state index is 0.271. The second-order valence-corrected chi connectivity index (χ2v) is 7.15. The van der Waals surface area contributed by atoms with Crippen molar-refractivity contribution >= 4 is 5.97 Å². The molecule has 0 N–H and O–H groups in total. The molecule has 0 spiro atoms. The topological polar surface area (TPSA) is 26.3 Å². The highest BCUT2D eigenvalue weighted by atomic mass is 19.4. The standard InChI is InChI=1S/C13H23F3O2/c1-10(2,3)8-12(7,11(4,5)6)9(17)18-13(14,15)16/h8H2,1-7H3. The van der Waals surface area contributed by atoms with Crippen LogP contribution in [0.5, 0.6) is 0 Å². The third-order valence-corrected chi connectivity index (χ3v) is 3.20. The van der Waals surface area contributed by atoms with E-state index in [4.69, 9.17) is 0 Å². The second-order valence-electron chi connectivity index (χ2n) is 7.15. The Kier molecular flexibility index (Phi) is 4.55. The van der Waals surface area contributed by atoms with Crippen molar-refractivity contribution in [3.63, 3.8) is 0 Å². The van der Waals surface area contributed by atoms with E-state index in [-0.39, 0.29) is 5.41 Å². The van der Waals surface area contributed by atoms with Gasteiger partial charge in [0.2, 0.25) is 0 Å². The zero-order chi connectivity index (χ0) is 15.0. The quantitative estimate of drug-likeness (QED) is 0.687. The van der Waals surface area contributed by atoms with Crippen molar-refractivity contribution in [1.29, 1.82) is 0 Å². The molecule has 0 heterocycles. The lowest BCUT2D eigenvalue weighted by molar-refractivity contribution is -0.313. The highest BCUT2D eigenvalue weighted by Gasteiger charge is 2.51. The lowest BCUT2D eigenvalue weighted by Crippen LogP contribution is -2.45. The van der Waals surface area contributed by atoms with Gasteiger partial charge in [0.15, 0.2) is 0 Å². The smallest absolute Gasteiger partial charge is 0.372 e. The fourth-order valence-corrected chi connectivity index (χ4v) is 1.92. The number of halogens is 3. The van der Waals surface area contributed by atoms with Crippen LogP contribution in [-0.4, -0.2) is 12.3 Å². The Morgan fingerprint density at radius 3 is 1.56 bits per heavy atom. The Hall–Kier alpha value is -0.740. The fourth-order valence-electron chi connectivity index (χ4n) is 1.92. The Morgan fingerprint density at radius 2 is 1.33 bits per heavy atom. The normalized spacial score (nSPS) is 17.2. The second kappa shape index (κ2) is 4.74. The number of carbonyl (C=O) groups excluding carboxylic acids is 1. The third-order valence-electron chi connectivity index (χ3n) is 3.20. The summed E-state index contributed by atoms with van der Waals surface area (Å²) in [5.41, 5.74) is -2.09. The molecule has 0 amide bonds. The zero-order valence-corrected chi connectivity index (χ0v) is 12.2. The molecule has 0 aliphatic carbocycles. The summed E-state index contributed by atoms with van der Waals surface area (Å²) in [6, 6.07) is 0. The molecule has 0 aliphatic rings. The lowest BCUT2D eigenvalue weighted by Gasteiger charge is -2.43. The van der Waals surface area contributed by atoms with Gasteiger partial charge >= 0.3 is 12.3 Å². The number of ether oxygens (including phenoxy) is 1. The van der Waals surface area contributed by atoms with E-state index < -0.39 is 23.2 Å². The summed E-state index contributed by atoms with van der Waals surface area (Å²) < 4.78 is 40.3. The molecular weight excluding hydrogens is 245 g/mol. The molecule has 0 aromatic rings. The van der Waals surface area contributed by atoms with Gasteiger partial charge in [-0.3, -0.25) is 4.79 Å². The number of alkyl halides is 3. The van der Waals surface area contributed by atoms with Gasteiger partial charge in [-0.2, -0.15) is 0 Å². The summed E-state index contributed by atoms with van der Waals surface area (Å²) in [5, 5.41) is 0. The molecule has 0 rings (SSSR count). The van der Waals surface area contributed by atoms with Crippen LogP contribution in [0.25, 0.3) is 0 Å². The Bertz CT molecular complexity index is 308. The summed E-state index contributed by atoms with van der Waals surface area (Å²) in [6.45, 7) is 12.4. The van der Waals surface area contributed by atoms with Crippen LogP contribution in [0, 0.1) is 16.2 Å². The molecule has 108 valence electrons. The van der Waals surface area contributed by atoms with Gasteiger partial charge in [-0.05, 0) is 24.2 Å². The Labute approximate surface area is 107 Å². The van der Waals surface area contributed by atoms with Gasteiger partial charge in [0, 0.05) is 0 Å².